The van der Waals surface area contributed by atoms with E-state index >= 15 is 4.39 Å². The molecule has 168 valence electrons. The molecule has 1 amide bonds. The topological polar surface area (TPSA) is 51.0 Å². The number of aromatic nitrogens is 3. The summed E-state index contributed by atoms with van der Waals surface area (Å²) in [7, 11) is 1.54. The van der Waals surface area contributed by atoms with E-state index in [0.717, 1.165) is 6.07 Å². The average Bonchev–Trinajstić information content (AvgIpc) is 3.28. The second-order valence-electron chi connectivity index (χ2n) is 8.14. The lowest BCUT2D eigenvalue weighted by Crippen LogP contribution is -2.24. The molecule has 0 saturated carbocycles. The number of rotatable bonds is 3. The SMILES string of the molecule is Cc1cc(-c2ccc(C(F)(F)F)c3nn(C)cc23)cc(F)c1CN1Cc2ncccc2C1=O. The van der Waals surface area contributed by atoms with E-state index < -0.39 is 17.6 Å². The minimum absolute atomic E-state index is 0.0719. The Kier molecular flexibility index (Phi) is 4.73. The van der Waals surface area contributed by atoms with Crippen LogP contribution >= 0.6 is 0 Å². The molecule has 33 heavy (non-hydrogen) atoms. The molecule has 0 saturated heterocycles. The molecule has 0 radical (unpaired) electrons. The molecule has 9 heteroatoms. The Labute approximate surface area is 186 Å². The fraction of sp³-hybridized carbons (Fsp3) is 0.208. The highest BCUT2D eigenvalue weighted by atomic mass is 19.4. The van der Waals surface area contributed by atoms with Crippen molar-refractivity contribution < 1.29 is 22.4 Å². The van der Waals surface area contributed by atoms with Crippen LogP contribution in [0.1, 0.15) is 32.7 Å². The minimum atomic E-state index is -4.55. The van der Waals surface area contributed by atoms with E-state index in [1.54, 1.807) is 38.4 Å². The molecule has 5 rings (SSSR count). The lowest BCUT2D eigenvalue weighted by Gasteiger charge is -2.19. The fourth-order valence-electron chi connectivity index (χ4n) is 4.33. The van der Waals surface area contributed by atoms with E-state index in [-0.39, 0.29) is 23.4 Å². The van der Waals surface area contributed by atoms with Crippen LogP contribution in [-0.4, -0.2) is 25.6 Å². The lowest BCUT2D eigenvalue weighted by molar-refractivity contribution is -0.136. The summed E-state index contributed by atoms with van der Waals surface area (Å²) in [5.41, 5.74) is 1.99. The third kappa shape index (κ3) is 3.53. The number of hydrogen-bond donors (Lipinski definition) is 0. The van der Waals surface area contributed by atoms with Gasteiger partial charge in [0.15, 0.2) is 0 Å². The van der Waals surface area contributed by atoms with Gasteiger partial charge in [-0.15, -0.1) is 0 Å². The van der Waals surface area contributed by atoms with Crippen LogP contribution in [0.15, 0.2) is 48.8 Å². The van der Waals surface area contributed by atoms with Gasteiger partial charge in [-0.2, -0.15) is 18.3 Å². The third-order valence-electron chi connectivity index (χ3n) is 5.92. The minimum Gasteiger partial charge on any atom is -0.328 e. The van der Waals surface area contributed by atoms with E-state index in [1.165, 1.54) is 27.9 Å². The molecule has 0 fully saturated rings. The molecule has 5 nitrogen and oxygen atoms in total. The van der Waals surface area contributed by atoms with Gasteiger partial charge in [0.05, 0.1) is 23.4 Å². The molecule has 4 aromatic rings. The molecule has 1 aliphatic heterocycles. The highest BCUT2D eigenvalue weighted by Gasteiger charge is 2.34. The first-order chi connectivity index (χ1) is 15.6. The Morgan fingerprint density at radius 1 is 1.12 bits per heavy atom. The number of carbonyl (C=O) groups excluding carboxylic acids is 1. The van der Waals surface area contributed by atoms with Gasteiger partial charge in [-0.1, -0.05) is 12.1 Å². The Balaban J connectivity index is 1.53. The van der Waals surface area contributed by atoms with Crippen LogP contribution in [0.3, 0.4) is 0 Å². The predicted molar refractivity (Wildman–Crippen MR) is 114 cm³/mol. The van der Waals surface area contributed by atoms with Crippen molar-refractivity contribution in [2.75, 3.05) is 0 Å². The largest absolute Gasteiger partial charge is 0.418 e. The summed E-state index contributed by atoms with van der Waals surface area (Å²) in [6.07, 6.45) is -1.45. The van der Waals surface area contributed by atoms with Gasteiger partial charge in [0, 0.05) is 36.9 Å². The highest BCUT2D eigenvalue weighted by Crippen LogP contribution is 2.39. The molecule has 1 aliphatic rings. The molecule has 3 heterocycles. The fourth-order valence-corrected chi connectivity index (χ4v) is 4.33. The van der Waals surface area contributed by atoms with Crippen molar-refractivity contribution in [1.29, 1.82) is 0 Å². The molecular weight excluding hydrogens is 436 g/mol. The Morgan fingerprint density at radius 2 is 1.91 bits per heavy atom. The van der Waals surface area contributed by atoms with Crippen LogP contribution < -0.4 is 0 Å². The van der Waals surface area contributed by atoms with E-state index in [1.807, 2.05) is 0 Å². The molecule has 0 spiro atoms. The van der Waals surface area contributed by atoms with Gasteiger partial charge in [0.2, 0.25) is 0 Å². The first-order valence-corrected chi connectivity index (χ1v) is 10.2. The molecule has 2 aromatic heterocycles. The standard InChI is InChI=1S/C24H18F4N4O/c1-13-8-14(15-5-6-19(24(26,27)28)22-18(15)10-31(2)30-22)9-20(25)17(13)11-32-12-21-16(23(32)33)4-3-7-29-21/h3-10H,11-12H2,1-2H3. The van der Waals surface area contributed by atoms with Gasteiger partial charge in [-0.25, -0.2) is 4.39 Å². The maximum absolute atomic E-state index is 15.2. The van der Waals surface area contributed by atoms with Crippen molar-refractivity contribution in [2.45, 2.75) is 26.2 Å². The van der Waals surface area contributed by atoms with Crippen LogP contribution in [0.4, 0.5) is 17.6 Å². The Morgan fingerprint density at radius 3 is 2.61 bits per heavy atom. The number of benzene rings is 2. The zero-order valence-electron chi connectivity index (χ0n) is 17.7. The second-order valence-corrected chi connectivity index (χ2v) is 8.14. The van der Waals surface area contributed by atoms with Gasteiger partial charge in [0.25, 0.3) is 5.91 Å². The van der Waals surface area contributed by atoms with Crippen LogP contribution in [-0.2, 0) is 26.3 Å². The van der Waals surface area contributed by atoms with Crippen molar-refractivity contribution in [3.63, 3.8) is 0 Å². The summed E-state index contributed by atoms with van der Waals surface area (Å²) in [6, 6.07) is 8.71. The Hall–Kier alpha value is -3.75. The van der Waals surface area contributed by atoms with Gasteiger partial charge < -0.3 is 4.90 Å². The average molecular weight is 454 g/mol. The van der Waals surface area contributed by atoms with Crippen molar-refractivity contribution in [2.24, 2.45) is 7.05 Å². The van der Waals surface area contributed by atoms with E-state index in [0.29, 0.717) is 40.1 Å². The number of fused-ring (bicyclic) bond motifs is 2. The summed E-state index contributed by atoms with van der Waals surface area (Å²) in [5, 5.41) is 4.26. The predicted octanol–water partition coefficient (Wildman–Crippen LogP) is 5.26. The van der Waals surface area contributed by atoms with Gasteiger partial charge in [-0.05, 0) is 47.9 Å². The van der Waals surface area contributed by atoms with Crippen LogP contribution in [0.25, 0.3) is 22.0 Å². The first kappa shape index (κ1) is 21.1. The van der Waals surface area contributed by atoms with Gasteiger partial charge in [0.1, 0.15) is 11.3 Å². The number of amides is 1. The third-order valence-corrected chi connectivity index (χ3v) is 5.92. The number of nitrogens with zero attached hydrogens (tertiary/aromatic N) is 4. The molecule has 0 aliphatic carbocycles. The van der Waals surface area contributed by atoms with Crippen molar-refractivity contribution >= 4 is 16.8 Å². The molecule has 0 unspecified atom stereocenters. The van der Waals surface area contributed by atoms with Crippen LogP contribution in [0, 0.1) is 12.7 Å². The molecule has 0 bridgehead atoms. The summed E-state index contributed by atoms with van der Waals surface area (Å²) in [5.74, 6) is -0.737. The quantitative estimate of drug-likeness (QED) is 0.397. The number of alkyl halides is 3. The Bertz CT molecular complexity index is 1400. The number of carbonyl (C=O) groups is 1. The van der Waals surface area contributed by atoms with Crippen LogP contribution in [0.2, 0.25) is 0 Å². The molecule has 2 aromatic carbocycles. The second kappa shape index (κ2) is 7.40. The van der Waals surface area contributed by atoms with Gasteiger partial charge >= 0.3 is 6.18 Å². The number of pyridine rings is 1. The molecular formula is C24H18F4N4O. The summed E-state index contributed by atoms with van der Waals surface area (Å²) < 4.78 is 56.8. The lowest BCUT2D eigenvalue weighted by atomic mass is 9.95. The van der Waals surface area contributed by atoms with E-state index in [2.05, 4.69) is 10.1 Å². The normalized spacial score (nSPS) is 13.8. The highest BCUT2D eigenvalue weighted by molar-refractivity contribution is 5.98. The smallest absolute Gasteiger partial charge is 0.328 e. The molecule has 0 atom stereocenters. The maximum Gasteiger partial charge on any atom is 0.418 e. The van der Waals surface area contributed by atoms with Crippen LogP contribution in [0.5, 0.6) is 0 Å². The van der Waals surface area contributed by atoms with E-state index in [4.69, 9.17) is 0 Å². The number of aryl methyl sites for hydroxylation is 2. The first-order valence-electron chi connectivity index (χ1n) is 10.2. The van der Waals surface area contributed by atoms with Gasteiger partial charge in [-0.3, -0.25) is 14.5 Å². The number of halogens is 4. The van der Waals surface area contributed by atoms with Crippen molar-refractivity contribution in [1.82, 2.24) is 19.7 Å². The zero-order chi connectivity index (χ0) is 23.5. The molecule has 0 N–H and O–H groups in total. The summed E-state index contributed by atoms with van der Waals surface area (Å²) in [6.45, 7) is 2.09. The van der Waals surface area contributed by atoms with E-state index in [9.17, 15) is 18.0 Å². The maximum atomic E-state index is 15.2. The van der Waals surface area contributed by atoms with Crippen molar-refractivity contribution in [3.05, 3.63) is 82.6 Å². The van der Waals surface area contributed by atoms with Crippen molar-refractivity contribution in [3.8, 4) is 11.1 Å². The zero-order valence-corrected chi connectivity index (χ0v) is 17.7. The monoisotopic (exact) mass is 454 g/mol. The number of hydrogen-bond acceptors (Lipinski definition) is 3. The summed E-state index contributed by atoms with van der Waals surface area (Å²) >= 11 is 0. The summed E-state index contributed by atoms with van der Waals surface area (Å²) in [4.78, 5) is 18.4.